The normalized spacial score (nSPS) is 13.5. The van der Waals surface area contributed by atoms with Crippen LogP contribution < -0.4 is 5.32 Å². The third-order valence-electron chi connectivity index (χ3n) is 3.37. The van der Waals surface area contributed by atoms with Crippen LogP contribution >= 0.6 is 0 Å². The number of benzene rings is 1. The van der Waals surface area contributed by atoms with Gasteiger partial charge in [-0.1, -0.05) is 0 Å². The fourth-order valence-corrected chi connectivity index (χ4v) is 2.26. The zero-order valence-corrected chi connectivity index (χ0v) is 11.1. The Morgan fingerprint density at radius 1 is 1.15 bits per heavy atom. The average molecular weight is 275 g/mol. The number of carbonyl (C=O) groups is 3. The maximum Gasteiger partial charge on any atom is 0.303 e. The largest absolute Gasteiger partial charge is 0.481 e. The van der Waals surface area contributed by atoms with Gasteiger partial charge in [-0.25, -0.2) is 0 Å². The van der Waals surface area contributed by atoms with Crippen LogP contribution in [0.3, 0.4) is 0 Å². The van der Waals surface area contributed by atoms with E-state index in [-0.39, 0.29) is 18.1 Å². The first-order valence-electron chi connectivity index (χ1n) is 6.74. The lowest BCUT2D eigenvalue weighted by molar-refractivity contribution is -0.137. The number of ketones is 1. The van der Waals surface area contributed by atoms with Gasteiger partial charge in [0.25, 0.3) is 0 Å². The first-order chi connectivity index (χ1) is 9.56. The predicted octanol–water partition coefficient (Wildman–Crippen LogP) is 2.40. The molecule has 106 valence electrons. The molecule has 0 radical (unpaired) electrons. The molecule has 0 saturated carbocycles. The Bertz CT molecular complexity index is 551. The number of rotatable bonds is 6. The monoisotopic (exact) mass is 275 g/mol. The molecule has 1 amide bonds. The van der Waals surface area contributed by atoms with E-state index < -0.39 is 5.97 Å². The van der Waals surface area contributed by atoms with Gasteiger partial charge in [0.2, 0.25) is 5.91 Å². The lowest BCUT2D eigenvalue weighted by Gasteiger charge is -2.17. The van der Waals surface area contributed by atoms with Crippen LogP contribution in [0.25, 0.3) is 0 Å². The molecule has 0 bridgehead atoms. The highest BCUT2D eigenvalue weighted by Gasteiger charge is 2.16. The van der Waals surface area contributed by atoms with Gasteiger partial charge in [0.1, 0.15) is 0 Å². The molecule has 0 atom stereocenters. The molecule has 5 nitrogen and oxygen atoms in total. The summed E-state index contributed by atoms with van der Waals surface area (Å²) in [4.78, 5) is 33.6. The second-order valence-corrected chi connectivity index (χ2v) is 4.94. The summed E-state index contributed by atoms with van der Waals surface area (Å²) < 4.78 is 0. The number of hydrogen-bond acceptors (Lipinski definition) is 3. The molecule has 1 aliphatic rings. The molecule has 1 aliphatic heterocycles. The number of carbonyl (C=O) groups excluding carboxylic acids is 2. The third-order valence-corrected chi connectivity index (χ3v) is 3.37. The van der Waals surface area contributed by atoms with E-state index in [1.54, 1.807) is 12.1 Å². The van der Waals surface area contributed by atoms with Gasteiger partial charge in [0.15, 0.2) is 5.78 Å². The van der Waals surface area contributed by atoms with Crippen LogP contribution in [0.1, 0.15) is 48.0 Å². The van der Waals surface area contributed by atoms with Crippen LogP contribution in [0.4, 0.5) is 5.69 Å². The topological polar surface area (TPSA) is 83.5 Å². The van der Waals surface area contributed by atoms with E-state index in [4.69, 9.17) is 5.11 Å². The molecule has 0 unspecified atom stereocenters. The number of fused-ring (bicyclic) bond motifs is 1. The summed E-state index contributed by atoms with van der Waals surface area (Å²) in [6.45, 7) is 0. The third kappa shape index (κ3) is 3.66. The Kier molecular flexibility index (Phi) is 4.50. The number of aryl methyl sites for hydroxylation is 1. The zero-order chi connectivity index (χ0) is 14.5. The summed E-state index contributed by atoms with van der Waals surface area (Å²) in [5.41, 5.74) is 2.40. The van der Waals surface area contributed by atoms with Crippen molar-refractivity contribution in [3.63, 3.8) is 0 Å². The van der Waals surface area contributed by atoms with Gasteiger partial charge in [-0.3, -0.25) is 14.4 Å². The Labute approximate surface area is 117 Å². The number of unbranched alkanes of at least 4 members (excludes halogenated alkanes) is 1. The molecule has 1 aromatic carbocycles. The number of carboxylic acids is 1. The van der Waals surface area contributed by atoms with Gasteiger partial charge < -0.3 is 10.4 Å². The molecule has 1 heterocycles. The maximum absolute atomic E-state index is 12.0. The van der Waals surface area contributed by atoms with Crippen molar-refractivity contribution in [1.29, 1.82) is 0 Å². The second kappa shape index (κ2) is 6.32. The van der Waals surface area contributed by atoms with E-state index in [1.165, 1.54) is 0 Å². The van der Waals surface area contributed by atoms with E-state index in [0.717, 1.165) is 11.3 Å². The summed E-state index contributed by atoms with van der Waals surface area (Å²) in [5, 5.41) is 11.3. The Hall–Kier alpha value is -2.17. The van der Waals surface area contributed by atoms with E-state index in [9.17, 15) is 14.4 Å². The molecular weight excluding hydrogens is 258 g/mol. The Morgan fingerprint density at radius 3 is 2.65 bits per heavy atom. The lowest BCUT2D eigenvalue weighted by Crippen LogP contribution is -2.19. The van der Waals surface area contributed by atoms with Crippen molar-refractivity contribution in [2.75, 3.05) is 5.32 Å². The van der Waals surface area contributed by atoms with Gasteiger partial charge in [-0.05, 0) is 43.0 Å². The highest BCUT2D eigenvalue weighted by atomic mass is 16.4. The van der Waals surface area contributed by atoms with Crippen molar-refractivity contribution in [3.8, 4) is 0 Å². The number of anilines is 1. The number of carboxylic acid groups (broad SMARTS) is 1. The van der Waals surface area contributed by atoms with E-state index in [1.807, 2.05) is 6.07 Å². The quantitative estimate of drug-likeness (QED) is 0.617. The highest BCUT2D eigenvalue weighted by Crippen LogP contribution is 2.24. The molecule has 2 rings (SSSR count). The zero-order valence-electron chi connectivity index (χ0n) is 11.1. The van der Waals surface area contributed by atoms with Gasteiger partial charge in [-0.2, -0.15) is 0 Å². The minimum Gasteiger partial charge on any atom is -0.481 e. The van der Waals surface area contributed by atoms with Crippen LogP contribution in [0.15, 0.2) is 18.2 Å². The van der Waals surface area contributed by atoms with E-state index >= 15 is 0 Å². The molecule has 5 heteroatoms. The highest BCUT2D eigenvalue weighted by molar-refractivity contribution is 5.98. The summed E-state index contributed by atoms with van der Waals surface area (Å²) in [5.74, 6) is -0.803. The summed E-state index contributed by atoms with van der Waals surface area (Å²) in [6, 6.07) is 5.30. The molecule has 0 aromatic heterocycles. The Morgan fingerprint density at radius 2 is 1.90 bits per heavy atom. The number of aliphatic carboxylic acids is 1. The fraction of sp³-hybridized carbons (Fsp3) is 0.400. The number of hydrogen-bond donors (Lipinski definition) is 2. The predicted molar refractivity (Wildman–Crippen MR) is 73.8 cm³/mol. The van der Waals surface area contributed by atoms with Crippen molar-refractivity contribution in [3.05, 3.63) is 29.3 Å². The van der Waals surface area contributed by atoms with Crippen LogP contribution in [-0.4, -0.2) is 22.8 Å². The van der Waals surface area contributed by atoms with Gasteiger partial charge >= 0.3 is 5.97 Å². The summed E-state index contributed by atoms with van der Waals surface area (Å²) >= 11 is 0. The van der Waals surface area contributed by atoms with E-state index in [0.29, 0.717) is 37.7 Å². The molecule has 2 N–H and O–H groups in total. The fourth-order valence-electron chi connectivity index (χ4n) is 2.26. The second-order valence-electron chi connectivity index (χ2n) is 4.94. The molecule has 1 aromatic rings. The van der Waals surface area contributed by atoms with Crippen molar-refractivity contribution >= 4 is 23.3 Å². The SMILES string of the molecule is O=C(O)CCCCC(=O)c1ccc2c(c1)CCC(=O)N2. The van der Waals surface area contributed by atoms with Crippen molar-refractivity contribution < 1.29 is 19.5 Å². The lowest BCUT2D eigenvalue weighted by atomic mass is 9.97. The number of Topliss-reactive ketones (excluding diaryl/α,β-unsaturated/α-hetero) is 1. The molecular formula is C15H17NO4. The molecule has 20 heavy (non-hydrogen) atoms. The van der Waals surface area contributed by atoms with Crippen molar-refractivity contribution in [2.45, 2.75) is 38.5 Å². The van der Waals surface area contributed by atoms with Crippen molar-refractivity contribution in [1.82, 2.24) is 0 Å². The molecule has 0 fully saturated rings. The average Bonchev–Trinajstić information content (AvgIpc) is 2.42. The van der Waals surface area contributed by atoms with Crippen LogP contribution in [-0.2, 0) is 16.0 Å². The number of nitrogens with one attached hydrogen (secondary N) is 1. The van der Waals surface area contributed by atoms with Gasteiger partial charge in [0, 0.05) is 30.5 Å². The molecule has 0 saturated heterocycles. The first kappa shape index (κ1) is 14.2. The van der Waals surface area contributed by atoms with Crippen LogP contribution in [0, 0.1) is 0 Å². The van der Waals surface area contributed by atoms with E-state index in [2.05, 4.69) is 5.32 Å². The minimum atomic E-state index is -0.832. The minimum absolute atomic E-state index is 0.00486. The summed E-state index contributed by atoms with van der Waals surface area (Å²) in [7, 11) is 0. The smallest absolute Gasteiger partial charge is 0.303 e. The summed E-state index contributed by atoms with van der Waals surface area (Å²) in [6.07, 6.45) is 2.66. The van der Waals surface area contributed by atoms with Crippen LogP contribution in [0.5, 0.6) is 0 Å². The van der Waals surface area contributed by atoms with Gasteiger partial charge in [0.05, 0.1) is 0 Å². The molecule has 0 aliphatic carbocycles. The standard InChI is InChI=1S/C15H17NO4/c17-13(3-1-2-4-15(19)20)11-5-7-12-10(9-11)6-8-14(18)16-12/h5,7,9H,1-4,6,8H2,(H,16,18)(H,19,20). The van der Waals surface area contributed by atoms with Crippen LogP contribution in [0.2, 0.25) is 0 Å². The Balaban J connectivity index is 1.94. The van der Waals surface area contributed by atoms with Crippen molar-refractivity contribution in [2.24, 2.45) is 0 Å². The maximum atomic E-state index is 12.0. The molecule has 0 spiro atoms. The first-order valence-corrected chi connectivity index (χ1v) is 6.74. The number of amides is 1. The van der Waals surface area contributed by atoms with Gasteiger partial charge in [-0.15, -0.1) is 0 Å².